The van der Waals surface area contributed by atoms with Crippen LogP contribution in [-0.2, 0) is 9.59 Å². The fourth-order valence-electron chi connectivity index (χ4n) is 4.95. The summed E-state index contributed by atoms with van der Waals surface area (Å²) in [4.78, 5) is 21.9. The molecule has 0 aliphatic heterocycles. The molecule has 4 fully saturated rings. The minimum atomic E-state index is -0.0211. The zero-order valence-electron chi connectivity index (χ0n) is 13.2. The van der Waals surface area contributed by atoms with Crippen molar-refractivity contribution in [2.45, 2.75) is 56.6 Å². The Kier molecular flexibility index (Phi) is 4.76. The predicted octanol–water partition coefficient (Wildman–Crippen LogP) is 3.81. The van der Waals surface area contributed by atoms with Gasteiger partial charge in [-0.2, -0.15) is 0 Å². The number of carbonyl (C=O) groups excluding carboxylic acids is 2. The number of thioether (sulfide) groups is 1. The largest absolute Gasteiger partial charge is 0.321 e. The van der Waals surface area contributed by atoms with E-state index in [-0.39, 0.29) is 5.91 Å². The van der Waals surface area contributed by atoms with E-state index in [1.807, 2.05) is 30.0 Å². The van der Waals surface area contributed by atoms with Gasteiger partial charge in [0.05, 0.1) is 5.03 Å². The first-order valence-electron chi connectivity index (χ1n) is 8.35. The van der Waals surface area contributed by atoms with Crippen molar-refractivity contribution in [3.05, 3.63) is 23.3 Å². The highest BCUT2D eigenvalue weighted by Gasteiger charge is 2.51. The maximum absolute atomic E-state index is 11.5. The van der Waals surface area contributed by atoms with E-state index in [9.17, 15) is 9.59 Å². The molecule has 1 amide bonds. The highest BCUT2D eigenvalue weighted by atomic mass is 32.2. The first-order chi connectivity index (χ1) is 10.6. The van der Waals surface area contributed by atoms with E-state index < -0.39 is 0 Å². The van der Waals surface area contributed by atoms with Crippen molar-refractivity contribution < 1.29 is 9.59 Å². The highest BCUT2D eigenvalue weighted by Crippen LogP contribution is 2.61. The minimum absolute atomic E-state index is 0.0211. The number of allylic oxidation sites excluding steroid dienone is 3. The van der Waals surface area contributed by atoms with Gasteiger partial charge in [0.1, 0.15) is 6.29 Å². The SMILES string of the molecule is CC(=O)NC(=CC=CCC=O)SC12CC3CC(CC(C3)C1)C2. The second-order valence-corrected chi connectivity index (χ2v) is 8.76. The summed E-state index contributed by atoms with van der Waals surface area (Å²) >= 11 is 1.88. The van der Waals surface area contributed by atoms with Gasteiger partial charge in [-0.25, -0.2) is 0 Å². The molecule has 0 atom stereocenters. The molecule has 0 unspecified atom stereocenters. The van der Waals surface area contributed by atoms with E-state index in [0.29, 0.717) is 11.2 Å². The molecule has 0 radical (unpaired) electrons. The van der Waals surface area contributed by atoms with E-state index in [4.69, 9.17) is 0 Å². The molecule has 120 valence electrons. The zero-order valence-corrected chi connectivity index (χ0v) is 14.0. The molecule has 0 heterocycles. The Labute approximate surface area is 137 Å². The lowest BCUT2D eigenvalue weighted by Crippen LogP contribution is -2.48. The average Bonchev–Trinajstić information content (AvgIpc) is 2.40. The van der Waals surface area contributed by atoms with Crippen molar-refractivity contribution >= 4 is 24.0 Å². The molecule has 4 saturated carbocycles. The summed E-state index contributed by atoms with van der Waals surface area (Å²) in [5, 5.41) is 3.92. The van der Waals surface area contributed by atoms with Crippen LogP contribution < -0.4 is 5.32 Å². The lowest BCUT2D eigenvalue weighted by atomic mass is 9.56. The van der Waals surface area contributed by atoms with Crippen molar-refractivity contribution in [2.75, 3.05) is 0 Å². The lowest BCUT2D eigenvalue weighted by Gasteiger charge is -2.56. The first kappa shape index (κ1) is 15.9. The maximum atomic E-state index is 11.5. The van der Waals surface area contributed by atoms with Gasteiger partial charge in [-0.15, -0.1) is 11.8 Å². The molecule has 0 aromatic heterocycles. The number of aldehydes is 1. The molecule has 4 heteroatoms. The van der Waals surface area contributed by atoms with Gasteiger partial charge in [0.25, 0.3) is 0 Å². The molecular weight excluding hydrogens is 294 g/mol. The Balaban J connectivity index is 1.72. The molecule has 3 nitrogen and oxygen atoms in total. The van der Waals surface area contributed by atoms with Crippen LogP contribution in [0.3, 0.4) is 0 Å². The number of amides is 1. The number of hydrogen-bond acceptors (Lipinski definition) is 3. The summed E-state index contributed by atoms with van der Waals surface area (Å²) in [6, 6.07) is 0. The van der Waals surface area contributed by atoms with Crippen LogP contribution >= 0.6 is 11.8 Å². The van der Waals surface area contributed by atoms with Crippen LogP contribution in [0, 0.1) is 17.8 Å². The number of rotatable bonds is 6. The van der Waals surface area contributed by atoms with Gasteiger partial charge >= 0.3 is 0 Å². The van der Waals surface area contributed by atoms with Crippen LogP contribution in [0.4, 0.5) is 0 Å². The Hall–Kier alpha value is -1.03. The number of carbonyl (C=O) groups is 2. The molecule has 4 aliphatic rings. The fraction of sp³-hybridized carbons (Fsp3) is 0.667. The molecule has 4 aliphatic carbocycles. The Morgan fingerprint density at radius 1 is 1.18 bits per heavy atom. The van der Waals surface area contributed by atoms with Gasteiger partial charge in [-0.3, -0.25) is 4.79 Å². The normalized spacial score (nSPS) is 36.8. The molecular formula is C18H25NO2S. The second-order valence-electron chi connectivity index (χ2n) is 7.25. The quantitative estimate of drug-likeness (QED) is 0.598. The molecule has 0 spiro atoms. The highest BCUT2D eigenvalue weighted by molar-refractivity contribution is 8.04. The summed E-state index contributed by atoms with van der Waals surface area (Å²) in [6.07, 6.45) is 15.2. The third kappa shape index (κ3) is 3.65. The molecule has 4 bridgehead atoms. The summed E-state index contributed by atoms with van der Waals surface area (Å²) < 4.78 is 0.335. The third-order valence-electron chi connectivity index (χ3n) is 5.22. The van der Waals surface area contributed by atoms with Crippen LogP contribution in [0.2, 0.25) is 0 Å². The molecule has 0 aromatic rings. The summed E-state index contributed by atoms with van der Waals surface area (Å²) in [7, 11) is 0. The molecule has 0 saturated heterocycles. The monoisotopic (exact) mass is 319 g/mol. The zero-order chi connectivity index (χ0) is 15.6. The van der Waals surface area contributed by atoms with Gasteiger partial charge in [0.2, 0.25) is 5.91 Å². The van der Waals surface area contributed by atoms with Crippen LogP contribution in [-0.4, -0.2) is 16.9 Å². The van der Waals surface area contributed by atoms with Gasteiger partial charge in [0, 0.05) is 18.1 Å². The van der Waals surface area contributed by atoms with Crippen molar-refractivity contribution in [1.29, 1.82) is 0 Å². The van der Waals surface area contributed by atoms with E-state index in [1.165, 1.54) is 38.5 Å². The minimum Gasteiger partial charge on any atom is -0.321 e. The van der Waals surface area contributed by atoms with Crippen molar-refractivity contribution in [1.82, 2.24) is 5.32 Å². The van der Waals surface area contributed by atoms with Gasteiger partial charge in [-0.05, 0) is 62.4 Å². The van der Waals surface area contributed by atoms with Gasteiger partial charge in [0.15, 0.2) is 0 Å². The summed E-state index contributed by atoms with van der Waals surface area (Å²) in [5.41, 5.74) is 0. The van der Waals surface area contributed by atoms with E-state index >= 15 is 0 Å². The van der Waals surface area contributed by atoms with E-state index in [0.717, 1.165) is 29.1 Å². The van der Waals surface area contributed by atoms with Crippen LogP contribution in [0.15, 0.2) is 23.3 Å². The van der Waals surface area contributed by atoms with Crippen LogP contribution in [0.1, 0.15) is 51.9 Å². The topological polar surface area (TPSA) is 46.2 Å². The Morgan fingerprint density at radius 3 is 2.27 bits per heavy atom. The fourth-order valence-corrected chi connectivity index (χ4v) is 6.72. The van der Waals surface area contributed by atoms with Crippen molar-refractivity contribution in [2.24, 2.45) is 17.8 Å². The smallest absolute Gasteiger partial charge is 0.221 e. The lowest BCUT2D eigenvalue weighted by molar-refractivity contribution is -0.118. The number of hydrogen-bond donors (Lipinski definition) is 1. The van der Waals surface area contributed by atoms with Crippen molar-refractivity contribution in [3.63, 3.8) is 0 Å². The van der Waals surface area contributed by atoms with Gasteiger partial charge in [-0.1, -0.05) is 12.2 Å². The molecule has 1 N–H and O–H groups in total. The molecule has 22 heavy (non-hydrogen) atoms. The average molecular weight is 319 g/mol. The summed E-state index contributed by atoms with van der Waals surface area (Å²) in [6.45, 7) is 1.56. The van der Waals surface area contributed by atoms with Gasteiger partial charge < -0.3 is 10.1 Å². The third-order valence-corrected chi connectivity index (χ3v) is 6.61. The van der Waals surface area contributed by atoms with Crippen LogP contribution in [0.25, 0.3) is 0 Å². The maximum Gasteiger partial charge on any atom is 0.221 e. The van der Waals surface area contributed by atoms with Crippen LogP contribution in [0.5, 0.6) is 0 Å². The predicted molar refractivity (Wildman–Crippen MR) is 90.2 cm³/mol. The molecule has 4 rings (SSSR count). The Morgan fingerprint density at radius 2 is 1.77 bits per heavy atom. The molecule has 0 aromatic carbocycles. The first-order valence-corrected chi connectivity index (χ1v) is 9.17. The van der Waals surface area contributed by atoms with E-state index in [2.05, 4.69) is 5.32 Å². The number of nitrogens with one attached hydrogen (secondary N) is 1. The van der Waals surface area contributed by atoms with Crippen molar-refractivity contribution in [3.8, 4) is 0 Å². The Bertz CT molecular complexity index is 474. The standard InChI is InChI=1S/C18H25NO2S/c1-13(21)19-17(5-3-2-4-6-20)22-18-10-14-7-15(11-18)9-16(8-14)12-18/h2-3,5-6,14-16H,4,7-12H2,1H3,(H,19,21). The second kappa shape index (κ2) is 6.61. The summed E-state index contributed by atoms with van der Waals surface area (Å²) in [5.74, 6) is 2.70. The van der Waals surface area contributed by atoms with E-state index in [1.54, 1.807) is 6.92 Å².